The maximum Gasteiger partial charge on any atom is 0.132 e. The summed E-state index contributed by atoms with van der Waals surface area (Å²) in [6.07, 6.45) is 2.36. The Morgan fingerprint density at radius 1 is 1.47 bits per heavy atom. The van der Waals surface area contributed by atoms with E-state index >= 15 is 0 Å². The summed E-state index contributed by atoms with van der Waals surface area (Å²) in [6, 6.07) is 8.19. The number of nitriles is 1. The van der Waals surface area contributed by atoms with Gasteiger partial charge in [0, 0.05) is 12.6 Å². The van der Waals surface area contributed by atoms with E-state index < -0.39 is 0 Å². The Hall–Kier alpha value is -1.57. The van der Waals surface area contributed by atoms with Gasteiger partial charge in [-0.1, -0.05) is 11.6 Å². The summed E-state index contributed by atoms with van der Waals surface area (Å²) in [4.78, 5) is 6.61. The molecule has 0 N–H and O–H groups in total. The van der Waals surface area contributed by atoms with Crippen LogP contribution in [0.4, 0.5) is 5.82 Å². The molecule has 2 heterocycles. The van der Waals surface area contributed by atoms with E-state index in [1.807, 2.05) is 6.07 Å². The van der Waals surface area contributed by atoms with Crippen molar-refractivity contribution in [2.24, 2.45) is 0 Å². The van der Waals surface area contributed by atoms with Crippen molar-refractivity contribution in [1.82, 2.24) is 4.98 Å². The Morgan fingerprint density at radius 3 is 2.95 bits per heavy atom. The van der Waals surface area contributed by atoms with Gasteiger partial charge in [0.05, 0.1) is 11.6 Å². The number of thiophene rings is 1. The number of rotatable bonds is 4. The fourth-order valence-electron chi connectivity index (χ4n) is 2.06. The van der Waals surface area contributed by atoms with Gasteiger partial charge in [0.15, 0.2) is 0 Å². The van der Waals surface area contributed by atoms with Crippen molar-refractivity contribution in [2.45, 2.75) is 25.4 Å². The molecule has 1 fully saturated rings. The highest BCUT2D eigenvalue weighted by Crippen LogP contribution is 2.33. The number of hydrogen-bond donors (Lipinski definition) is 0. The van der Waals surface area contributed by atoms with Crippen molar-refractivity contribution < 1.29 is 0 Å². The minimum Gasteiger partial charge on any atom is -0.349 e. The fraction of sp³-hybridized carbons (Fsp3) is 0.286. The number of hydrogen-bond acceptors (Lipinski definition) is 4. The van der Waals surface area contributed by atoms with Gasteiger partial charge in [0.25, 0.3) is 0 Å². The molecular formula is C14H12ClN3S. The summed E-state index contributed by atoms with van der Waals surface area (Å²) in [5.74, 6) is 0.803. The van der Waals surface area contributed by atoms with Gasteiger partial charge in [-0.3, -0.25) is 0 Å². The van der Waals surface area contributed by atoms with E-state index in [9.17, 15) is 0 Å². The van der Waals surface area contributed by atoms with E-state index in [4.69, 9.17) is 16.9 Å². The van der Waals surface area contributed by atoms with Gasteiger partial charge in [0.2, 0.25) is 0 Å². The lowest BCUT2D eigenvalue weighted by molar-refractivity contribution is 0.780. The van der Waals surface area contributed by atoms with E-state index in [1.54, 1.807) is 17.4 Å². The van der Waals surface area contributed by atoms with Crippen LogP contribution in [0.5, 0.6) is 0 Å². The van der Waals surface area contributed by atoms with E-state index in [-0.39, 0.29) is 0 Å². The molecule has 2 aromatic rings. The van der Waals surface area contributed by atoms with Crippen LogP contribution in [0.1, 0.15) is 24.0 Å². The first kappa shape index (κ1) is 12.5. The zero-order valence-corrected chi connectivity index (χ0v) is 11.8. The molecule has 5 heteroatoms. The summed E-state index contributed by atoms with van der Waals surface area (Å²) in [7, 11) is 0. The van der Waals surface area contributed by atoms with Crippen molar-refractivity contribution in [3.05, 3.63) is 45.2 Å². The first-order valence-corrected chi connectivity index (χ1v) is 7.44. The van der Waals surface area contributed by atoms with Crippen LogP contribution in [-0.2, 0) is 6.54 Å². The van der Waals surface area contributed by atoms with Crippen LogP contribution in [0, 0.1) is 11.3 Å². The molecule has 0 unspecified atom stereocenters. The standard InChI is InChI=1S/C14H12ClN3S/c15-13-5-11(7-16)6-14(17-13)18(12-1-2-12)8-10-3-4-19-9-10/h3-6,9,12H,1-2,8H2. The maximum absolute atomic E-state index is 9.03. The SMILES string of the molecule is N#Cc1cc(Cl)nc(N(Cc2ccsc2)C2CC2)c1. The average Bonchev–Trinajstić information content (AvgIpc) is 3.12. The lowest BCUT2D eigenvalue weighted by Gasteiger charge is -2.23. The molecule has 0 bridgehead atoms. The van der Waals surface area contributed by atoms with Crippen LogP contribution >= 0.6 is 22.9 Å². The van der Waals surface area contributed by atoms with Crippen LogP contribution in [0.15, 0.2) is 29.0 Å². The molecular weight excluding hydrogens is 278 g/mol. The summed E-state index contributed by atoms with van der Waals surface area (Å²) in [6.45, 7) is 0.826. The zero-order chi connectivity index (χ0) is 13.2. The van der Waals surface area contributed by atoms with Gasteiger partial charge >= 0.3 is 0 Å². The van der Waals surface area contributed by atoms with Crippen molar-refractivity contribution in [1.29, 1.82) is 5.26 Å². The van der Waals surface area contributed by atoms with Crippen LogP contribution in [0.2, 0.25) is 5.15 Å². The molecule has 0 spiro atoms. The molecule has 0 amide bonds. The van der Waals surface area contributed by atoms with Gasteiger partial charge in [-0.15, -0.1) is 0 Å². The zero-order valence-electron chi connectivity index (χ0n) is 10.2. The van der Waals surface area contributed by atoms with Crippen LogP contribution in [0.25, 0.3) is 0 Å². The largest absolute Gasteiger partial charge is 0.349 e. The number of pyridine rings is 1. The molecule has 1 saturated carbocycles. The highest BCUT2D eigenvalue weighted by molar-refractivity contribution is 7.07. The monoisotopic (exact) mass is 289 g/mol. The number of aromatic nitrogens is 1. The van der Waals surface area contributed by atoms with Gasteiger partial charge in [-0.25, -0.2) is 4.98 Å². The fourth-order valence-corrected chi connectivity index (χ4v) is 2.92. The number of anilines is 1. The third-order valence-corrected chi connectivity index (χ3v) is 4.05. The third-order valence-electron chi connectivity index (χ3n) is 3.12. The normalized spacial score (nSPS) is 14.1. The predicted octanol–water partition coefficient (Wildman–Crippen LogP) is 3.84. The van der Waals surface area contributed by atoms with E-state index in [0.29, 0.717) is 16.8 Å². The lowest BCUT2D eigenvalue weighted by Crippen LogP contribution is -2.25. The predicted molar refractivity (Wildman–Crippen MR) is 77.5 cm³/mol. The van der Waals surface area contributed by atoms with Crippen LogP contribution in [0.3, 0.4) is 0 Å². The van der Waals surface area contributed by atoms with Gasteiger partial charge < -0.3 is 4.90 Å². The van der Waals surface area contributed by atoms with Crippen molar-refractivity contribution in [3.8, 4) is 6.07 Å². The maximum atomic E-state index is 9.03. The summed E-state index contributed by atoms with van der Waals surface area (Å²) >= 11 is 7.69. The quantitative estimate of drug-likeness (QED) is 0.803. The molecule has 19 heavy (non-hydrogen) atoms. The summed E-state index contributed by atoms with van der Waals surface area (Å²) in [5, 5.41) is 13.6. The van der Waals surface area contributed by atoms with Crippen molar-refractivity contribution in [2.75, 3.05) is 4.90 Å². The molecule has 0 radical (unpaired) electrons. The Kier molecular flexibility index (Phi) is 3.41. The van der Waals surface area contributed by atoms with Gasteiger partial charge in [-0.05, 0) is 47.4 Å². The molecule has 1 aliphatic rings. The summed E-state index contributed by atoms with van der Waals surface area (Å²) < 4.78 is 0. The molecule has 3 rings (SSSR count). The Morgan fingerprint density at radius 2 is 2.32 bits per heavy atom. The molecule has 0 saturated heterocycles. The van der Waals surface area contributed by atoms with Crippen LogP contribution < -0.4 is 4.90 Å². The molecule has 1 aliphatic carbocycles. The molecule has 3 nitrogen and oxygen atoms in total. The molecule has 96 valence electrons. The van der Waals surface area contributed by atoms with Crippen molar-refractivity contribution >= 4 is 28.8 Å². The highest BCUT2D eigenvalue weighted by Gasteiger charge is 2.30. The Labute approximate surface area is 121 Å². The first-order valence-electron chi connectivity index (χ1n) is 6.11. The smallest absolute Gasteiger partial charge is 0.132 e. The Bertz CT molecular complexity index is 614. The Balaban J connectivity index is 1.92. The number of nitrogens with zero attached hydrogens (tertiary/aromatic N) is 3. The van der Waals surface area contributed by atoms with E-state index in [1.165, 1.54) is 18.4 Å². The second kappa shape index (κ2) is 5.20. The van der Waals surface area contributed by atoms with Gasteiger partial charge in [0.1, 0.15) is 11.0 Å². The lowest BCUT2D eigenvalue weighted by atomic mass is 10.2. The minimum atomic E-state index is 0.380. The summed E-state index contributed by atoms with van der Waals surface area (Å²) in [5.41, 5.74) is 1.84. The highest BCUT2D eigenvalue weighted by atomic mass is 35.5. The minimum absolute atomic E-state index is 0.380. The number of halogens is 1. The van der Waals surface area contributed by atoms with E-state index in [2.05, 4.69) is 32.8 Å². The van der Waals surface area contributed by atoms with Gasteiger partial charge in [-0.2, -0.15) is 16.6 Å². The molecule has 2 aromatic heterocycles. The molecule has 0 atom stereocenters. The van der Waals surface area contributed by atoms with Crippen LogP contribution in [-0.4, -0.2) is 11.0 Å². The average molecular weight is 290 g/mol. The second-order valence-electron chi connectivity index (χ2n) is 4.64. The topological polar surface area (TPSA) is 39.9 Å². The van der Waals surface area contributed by atoms with E-state index in [0.717, 1.165) is 12.4 Å². The third kappa shape index (κ3) is 2.89. The second-order valence-corrected chi connectivity index (χ2v) is 5.81. The molecule has 0 aliphatic heterocycles. The van der Waals surface area contributed by atoms with Crippen molar-refractivity contribution in [3.63, 3.8) is 0 Å². The molecule has 0 aromatic carbocycles. The first-order chi connectivity index (χ1) is 9.26.